The monoisotopic (exact) mass is 431 g/mol. The Bertz CT molecular complexity index is 1220. The van der Waals surface area contributed by atoms with Crippen LogP contribution in [0.5, 0.6) is 5.75 Å². The Kier molecular flexibility index (Phi) is 5.35. The quantitative estimate of drug-likeness (QED) is 0.639. The van der Waals surface area contributed by atoms with Crippen LogP contribution in [0.3, 0.4) is 0 Å². The fourth-order valence-electron chi connectivity index (χ4n) is 3.51. The van der Waals surface area contributed by atoms with Gasteiger partial charge in [-0.15, -0.1) is 0 Å². The maximum absolute atomic E-state index is 12.9. The molecule has 1 aliphatic heterocycles. The molecule has 30 heavy (non-hydrogen) atoms. The molecule has 1 amide bonds. The summed E-state index contributed by atoms with van der Waals surface area (Å²) in [5, 5.41) is 2.86. The number of aromatic amines is 1. The van der Waals surface area contributed by atoms with Crippen molar-refractivity contribution in [2.45, 2.75) is 17.7 Å². The molecule has 10 heteroatoms. The van der Waals surface area contributed by atoms with Crippen molar-refractivity contribution in [3.05, 3.63) is 53.0 Å². The number of piperidine rings is 1. The molecule has 0 aliphatic carbocycles. The summed E-state index contributed by atoms with van der Waals surface area (Å²) < 4.78 is 37.3. The summed E-state index contributed by atoms with van der Waals surface area (Å²) in [7, 11) is -2.18. The molecule has 2 N–H and O–H groups in total. The van der Waals surface area contributed by atoms with E-state index in [1.807, 2.05) is 0 Å². The molecular weight excluding hydrogens is 410 g/mol. The van der Waals surface area contributed by atoms with Gasteiger partial charge in [0.25, 0.3) is 0 Å². The van der Waals surface area contributed by atoms with E-state index in [1.54, 1.807) is 31.4 Å². The lowest BCUT2D eigenvalue weighted by Crippen LogP contribution is -2.41. The Morgan fingerprint density at radius 2 is 1.87 bits per heavy atom. The highest BCUT2D eigenvalue weighted by atomic mass is 32.2. The number of methoxy groups -OCH3 is 1. The molecule has 158 valence electrons. The van der Waals surface area contributed by atoms with Gasteiger partial charge in [0.1, 0.15) is 5.75 Å². The number of H-pyrrole nitrogens is 1. The Balaban J connectivity index is 1.41. The third-order valence-electron chi connectivity index (χ3n) is 5.21. The molecule has 0 atom stereocenters. The van der Waals surface area contributed by atoms with Crippen LogP contribution in [-0.4, -0.2) is 43.8 Å². The van der Waals surface area contributed by atoms with E-state index in [1.165, 1.54) is 22.5 Å². The van der Waals surface area contributed by atoms with Gasteiger partial charge in [-0.2, -0.15) is 4.31 Å². The van der Waals surface area contributed by atoms with Crippen LogP contribution in [0.2, 0.25) is 0 Å². The number of nitrogens with zero attached hydrogens (tertiary/aromatic N) is 1. The molecular formula is C20H21N3O6S. The average Bonchev–Trinajstić information content (AvgIpc) is 3.13. The molecule has 1 fully saturated rings. The van der Waals surface area contributed by atoms with Crippen molar-refractivity contribution in [3.63, 3.8) is 0 Å². The van der Waals surface area contributed by atoms with Crippen LogP contribution in [0.4, 0.5) is 5.69 Å². The molecule has 9 nitrogen and oxygen atoms in total. The van der Waals surface area contributed by atoms with E-state index < -0.39 is 15.8 Å². The summed E-state index contributed by atoms with van der Waals surface area (Å²) >= 11 is 0. The molecule has 2 aromatic carbocycles. The van der Waals surface area contributed by atoms with Crippen LogP contribution in [0.15, 0.2) is 56.6 Å². The molecule has 0 unspecified atom stereocenters. The van der Waals surface area contributed by atoms with Gasteiger partial charge in [0, 0.05) is 30.8 Å². The number of sulfonamides is 1. The molecule has 0 saturated carbocycles. The average molecular weight is 431 g/mol. The number of oxazole rings is 1. The number of anilines is 1. The SMILES string of the molecule is COc1ccc(NC(=O)C2CCN(S(=O)(=O)c3ccc4[nH]c(=O)oc4c3)CC2)cc1. The molecule has 0 bridgehead atoms. The van der Waals surface area contributed by atoms with E-state index in [4.69, 9.17) is 9.15 Å². The number of ether oxygens (including phenoxy) is 1. The van der Waals surface area contributed by atoms with Crippen LogP contribution in [0, 0.1) is 5.92 Å². The minimum atomic E-state index is -3.75. The first-order chi connectivity index (χ1) is 14.4. The summed E-state index contributed by atoms with van der Waals surface area (Å²) in [5.74, 6) is -0.344. The highest BCUT2D eigenvalue weighted by Crippen LogP contribution is 2.26. The van der Waals surface area contributed by atoms with E-state index in [2.05, 4.69) is 10.3 Å². The third-order valence-corrected chi connectivity index (χ3v) is 7.11. The standard InChI is InChI=1S/C20H21N3O6S/c1-28-15-4-2-14(3-5-15)21-19(24)13-8-10-23(11-9-13)30(26,27)16-6-7-17-18(12-16)29-20(25)22-17/h2-7,12-13H,8-11H2,1H3,(H,21,24)(H,22,25). The number of hydrogen-bond acceptors (Lipinski definition) is 6. The second-order valence-corrected chi connectivity index (χ2v) is 9.01. The molecule has 4 rings (SSSR count). The van der Waals surface area contributed by atoms with Crippen LogP contribution < -0.4 is 15.8 Å². The second kappa shape index (κ2) is 7.96. The third kappa shape index (κ3) is 3.96. The van der Waals surface area contributed by atoms with Gasteiger partial charge < -0.3 is 14.5 Å². The van der Waals surface area contributed by atoms with E-state index in [-0.39, 0.29) is 35.4 Å². The maximum atomic E-state index is 12.9. The fourth-order valence-corrected chi connectivity index (χ4v) is 5.00. The van der Waals surface area contributed by atoms with Crippen molar-refractivity contribution in [1.82, 2.24) is 9.29 Å². The number of carbonyl (C=O) groups is 1. The van der Waals surface area contributed by atoms with Gasteiger partial charge in [0.15, 0.2) is 5.58 Å². The van der Waals surface area contributed by atoms with Crippen LogP contribution >= 0.6 is 0 Å². The highest BCUT2D eigenvalue weighted by Gasteiger charge is 2.32. The summed E-state index contributed by atoms with van der Waals surface area (Å²) in [6.07, 6.45) is 0.839. The van der Waals surface area contributed by atoms with Gasteiger partial charge in [-0.05, 0) is 49.2 Å². The largest absolute Gasteiger partial charge is 0.497 e. The van der Waals surface area contributed by atoms with Gasteiger partial charge in [0.05, 0.1) is 17.5 Å². The van der Waals surface area contributed by atoms with Gasteiger partial charge >= 0.3 is 5.76 Å². The Morgan fingerprint density at radius 3 is 2.53 bits per heavy atom. The fraction of sp³-hybridized carbons (Fsp3) is 0.300. The summed E-state index contributed by atoms with van der Waals surface area (Å²) in [4.78, 5) is 26.4. The van der Waals surface area contributed by atoms with Gasteiger partial charge in [-0.1, -0.05) is 0 Å². The molecule has 1 aromatic heterocycles. The Morgan fingerprint density at radius 1 is 1.17 bits per heavy atom. The van der Waals surface area contributed by atoms with E-state index in [9.17, 15) is 18.0 Å². The lowest BCUT2D eigenvalue weighted by molar-refractivity contribution is -0.120. The number of aromatic nitrogens is 1. The molecule has 0 spiro atoms. The van der Waals surface area contributed by atoms with Crippen LogP contribution in [0.1, 0.15) is 12.8 Å². The van der Waals surface area contributed by atoms with Gasteiger partial charge in [-0.25, -0.2) is 13.2 Å². The summed E-state index contributed by atoms with van der Waals surface area (Å²) in [6, 6.07) is 11.3. The van der Waals surface area contributed by atoms with Crippen LogP contribution in [-0.2, 0) is 14.8 Å². The zero-order chi connectivity index (χ0) is 21.3. The predicted molar refractivity (Wildman–Crippen MR) is 110 cm³/mol. The number of carbonyl (C=O) groups excluding carboxylic acids is 1. The second-order valence-electron chi connectivity index (χ2n) is 7.07. The van der Waals surface area contributed by atoms with E-state index in [0.29, 0.717) is 29.8 Å². The maximum Gasteiger partial charge on any atom is 0.417 e. The van der Waals surface area contributed by atoms with Crippen molar-refractivity contribution >= 4 is 32.7 Å². The molecule has 3 aromatic rings. The zero-order valence-electron chi connectivity index (χ0n) is 16.3. The molecule has 1 saturated heterocycles. The first-order valence-electron chi connectivity index (χ1n) is 9.45. The number of benzene rings is 2. The number of hydrogen-bond donors (Lipinski definition) is 2. The topological polar surface area (TPSA) is 122 Å². The van der Waals surface area contributed by atoms with Crippen molar-refractivity contribution in [1.29, 1.82) is 0 Å². The van der Waals surface area contributed by atoms with E-state index >= 15 is 0 Å². The van der Waals surface area contributed by atoms with Gasteiger partial charge in [0.2, 0.25) is 15.9 Å². The van der Waals surface area contributed by atoms with Crippen molar-refractivity contribution in [2.75, 3.05) is 25.5 Å². The normalized spacial score (nSPS) is 15.9. The first kappa shape index (κ1) is 20.2. The Hall–Kier alpha value is -3.11. The number of fused-ring (bicyclic) bond motifs is 1. The highest BCUT2D eigenvalue weighted by molar-refractivity contribution is 7.89. The van der Waals surface area contributed by atoms with Crippen molar-refractivity contribution in [2.24, 2.45) is 5.92 Å². The van der Waals surface area contributed by atoms with Crippen molar-refractivity contribution < 1.29 is 22.4 Å². The lowest BCUT2D eigenvalue weighted by atomic mass is 9.97. The summed E-state index contributed by atoms with van der Waals surface area (Å²) in [5.41, 5.74) is 1.29. The molecule has 1 aliphatic rings. The summed E-state index contributed by atoms with van der Waals surface area (Å²) in [6.45, 7) is 0.469. The molecule has 0 radical (unpaired) electrons. The van der Waals surface area contributed by atoms with Crippen molar-refractivity contribution in [3.8, 4) is 5.75 Å². The first-order valence-corrected chi connectivity index (χ1v) is 10.9. The smallest absolute Gasteiger partial charge is 0.417 e. The lowest BCUT2D eigenvalue weighted by Gasteiger charge is -2.30. The zero-order valence-corrected chi connectivity index (χ0v) is 17.1. The number of rotatable bonds is 5. The van der Waals surface area contributed by atoms with Crippen LogP contribution in [0.25, 0.3) is 11.1 Å². The minimum absolute atomic E-state index is 0.0545. The minimum Gasteiger partial charge on any atom is -0.497 e. The number of nitrogens with one attached hydrogen (secondary N) is 2. The molecule has 2 heterocycles. The van der Waals surface area contributed by atoms with Gasteiger partial charge in [-0.3, -0.25) is 9.78 Å². The van der Waals surface area contributed by atoms with E-state index in [0.717, 1.165) is 0 Å². The number of amides is 1. The predicted octanol–water partition coefficient (Wildman–Crippen LogP) is 2.17. The Labute approximate surface area is 172 Å².